The van der Waals surface area contributed by atoms with Crippen LogP contribution in [0.5, 0.6) is 0 Å². The Morgan fingerprint density at radius 1 is 1.10 bits per heavy atom. The Morgan fingerprint density at radius 2 is 1.94 bits per heavy atom. The van der Waals surface area contributed by atoms with Gasteiger partial charge in [-0.15, -0.1) is 0 Å². The highest BCUT2D eigenvalue weighted by molar-refractivity contribution is 9.10. The van der Waals surface area contributed by atoms with E-state index in [1.54, 1.807) is 17.5 Å². The molecule has 0 unspecified atom stereocenters. The molecule has 2 heterocycles. The molecule has 0 spiro atoms. The summed E-state index contributed by atoms with van der Waals surface area (Å²) in [6.45, 7) is 0.473. The van der Waals surface area contributed by atoms with Gasteiger partial charge in [-0.05, 0) is 53.1 Å². The molecule has 0 saturated heterocycles. The third-order valence-corrected chi connectivity index (χ3v) is 6.73. The lowest BCUT2D eigenvalue weighted by Crippen LogP contribution is -2.22. The lowest BCUT2D eigenvalue weighted by molar-refractivity contribution is 0.0952. The number of carbonyl (C=O) groups is 1. The number of hydrogen-bond donors (Lipinski definition) is 3. The van der Waals surface area contributed by atoms with Gasteiger partial charge in [-0.1, -0.05) is 51.5 Å². The predicted molar refractivity (Wildman–Crippen MR) is 132 cm³/mol. The molecule has 5 aromatic rings. The van der Waals surface area contributed by atoms with Crippen molar-refractivity contribution in [2.24, 2.45) is 0 Å². The Labute approximate surface area is 191 Å². The van der Waals surface area contributed by atoms with E-state index < -0.39 is 0 Å². The monoisotopic (exact) mass is 490 g/mol. The van der Waals surface area contributed by atoms with Crippen LogP contribution in [0.2, 0.25) is 0 Å². The molecule has 0 fully saturated rings. The number of amides is 1. The van der Waals surface area contributed by atoms with Crippen molar-refractivity contribution >= 4 is 59.4 Å². The summed E-state index contributed by atoms with van der Waals surface area (Å²) in [7, 11) is 1.88. The molecule has 0 aliphatic carbocycles. The fourth-order valence-corrected chi connectivity index (χ4v) is 4.93. The van der Waals surface area contributed by atoms with Crippen LogP contribution in [0.3, 0.4) is 0 Å². The Balaban J connectivity index is 1.44. The van der Waals surface area contributed by atoms with Crippen LogP contribution in [0.25, 0.3) is 32.2 Å². The first-order chi connectivity index (χ1) is 15.1. The van der Waals surface area contributed by atoms with Gasteiger partial charge >= 0.3 is 0 Å². The first-order valence-corrected chi connectivity index (χ1v) is 11.4. The molecular weight excluding hydrogens is 472 g/mol. The lowest BCUT2D eigenvalue weighted by Gasteiger charge is -2.06. The molecule has 0 saturated carbocycles. The molecule has 3 aromatic carbocycles. The van der Waals surface area contributed by atoms with Crippen LogP contribution in [0.15, 0.2) is 71.3 Å². The smallest absolute Gasteiger partial charge is 0.253 e. The van der Waals surface area contributed by atoms with E-state index in [1.165, 1.54) is 0 Å². The third kappa shape index (κ3) is 3.94. The number of aromatic amines is 1. The summed E-state index contributed by atoms with van der Waals surface area (Å²) in [5.41, 5.74) is 5.77. The average molecular weight is 491 g/mol. The molecule has 31 heavy (non-hydrogen) atoms. The van der Waals surface area contributed by atoms with Gasteiger partial charge in [-0.2, -0.15) is 0 Å². The number of carbonyl (C=O) groups excluding carboxylic acids is 1. The van der Waals surface area contributed by atoms with Gasteiger partial charge in [0, 0.05) is 35.2 Å². The molecule has 5 rings (SSSR count). The van der Waals surface area contributed by atoms with E-state index in [-0.39, 0.29) is 5.91 Å². The van der Waals surface area contributed by atoms with E-state index >= 15 is 0 Å². The molecule has 0 bridgehead atoms. The molecule has 0 aliphatic rings. The first kappa shape index (κ1) is 19.8. The number of H-pyrrole nitrogens is 1. The van der Waals surface area contributed by atoms with Crippen LogP contribution in [0, 0.1) is 0 Å². The van der Waals surface area contributed by atoms with Gasteiger partial charge < -0.3 is 15.6 Å². The maximum atomic E-state index is 12.9. The maximum absolute atomic E-state index is 12.9. The van der Waals surface area contributed by atoms with Crippen molar-refractivity contribution in [3.05, 3.63) is 82.5 Å². The molecule has 5 nitrogen and oxygen atoms in total. The minimum absolute atomic E-state index is 0.0973. The quantitative estimate of drug-likeness (QED) is 0.275. The fourth-order valence-electron chi connectivity index (χ4n) is 3.62. The van der Waals surface area contributed by atoms with Crippen LogP contribution in [0.1, 0.15) is 15.9 Å². The van der Waals surface area contributed by atoms with E-state index in [2.05, 4.69) is 60.8 Å². The Morgan fingerprint density at radius 3 is 2.77 bits per heavy atom. The van der Waals surface area contributed by atoms with Crippen molar-refractivity contribution in [1.29, 1.82) is 0 Å². The number of rotatable bonds is 5. The number of nitrogens with zero attached hydrogens (tertiary/aromatic N) is 1. The standard InChI is InChI=1S/C24H19BrN4OS/c1-26-24-29-21-8-6-16(11-22(21)31-24)15-5-7-20-18(10-15)19(13-27-20)23(30)28-12-14-3-2-4-17(25)9-14/h2-11,13,27H,12H2,1H3,(H,26,29)(H,28,30). The Bertz CT molecular complexity index is 1420. The van der Waals surface area contributed by atoms with Crippen molar-refractivity contribution in [3.8, 4) is 11.1 Å². The molecule has 0 atom stereocenters. The first-order valence-electron chi connectivity index (χ1n) is 9.83. The summed E-state index contributed by atoms with van der Waals surface area (Å²) in [4.78, 5) is 20.6. The van der Waals surface area contributed by atoms with E-state index in [9.17, 15) is 4.79 Å². The molecule has 0 radical (unpaired) electrons. The topological polar surface area (TPSA) is 69.8 Å². The second kappa shape index (κ2) is 8.17. The second-order valence-corrected chi connectivity index (χ2v) is 9.17. The summed E-state index contributed by atoms with van der Waals surface area (Å²) in [6, 6.07) is 20.3. The van der Waals surface area contributed by atoms with Crippen molar-refractivity contribution in [2.75, 3.05) is 12.4 Å². The Hall–Kier alpha value is -3.16. The zero-order valence-corrected chi connectivity index (χ0v) is 19.1. The molecule has 154 valence electrons. The lowest BCUT2D eigenvalue weighted by atomic mass is 10.0. The van der Waals surface area contributed by atoms with Crippen LogP contribution in [0.4, 0.5) is 5.13 Å². The molecule has 1 amide bonds. The molecular formula is C24H19BrN4OS. The summed E-state index contributed by atoms with van der Waals surface area (Å²) < 4.78 is 2.12. The molecule has 3 N–H and O–H groups in total. The molecule has 7 heteroatoms. The van der Waals surface area contributed by atoms with Crippen LogP contribution < -0.4 is 10.6 Å². The van der Waals surface area contributed by atoms with Crippen molar-refractivity contribution in [2.45, 2.75) is 6.54 Å². The highest BCUT2D eigenvalue weighted by atomic mass is 79.9. The summed E-state index contributed by atoms with van der Waals surface area (Å²) in [6.07, 6.45) is 1.77. The van der Waals surface area contributed by atoms with Crippen molar-refractivity contribution in [3.63, 3.8) is 0 Å². The number of benzene rings is 3. The number of fused-ring (bicyclic) bond motifs is 2. The van der Waals surface area contributed by atoms with Gasteiger partial charge in [0.1, 0.15) is 0 Å². The normalized spacial score (nSPS) is 11.2. The van der Waals surface area contributed by atoms with Crippen LogP contribution >= 0.6 is 27.3 Å². The van der Waals surface area contributed by atoms with Gasteiger partial charge in [0.15, 0.2) is 5.13 Å². The molecule has 2 aromatic heterocycles. The Kier molecular flexibility index (Phi) is 5.21. The number of nitrogens with one attached hydrogen (secondary N) is 3. The number of thiazole rings is 1. The average Bonchev–Trinajstić information content (AvgIpc) is 3.40. The summed E-state index contributed by atoms with van der Waals surface area (Å²) in [5, 5.41) is 7.93. The summed E-state index contributed by atoms with van der Waals surface area (Å²) >= 11 is 5.10. The van der Waals surface area contributed by atoms with Crippen molar-refractivity contribution < 1.29 is 4.79 Å². The van der Waals surface area contributed by atoms with Gasteiger partial charge in [0.25, 0.3) is 5.91 Å². The number of aromatic nitrogens is 2. The van der Waals surface area contributed by atoms with E-state index in [1.807, 2.05) is 43.4 Å². The van der Waals surface area contributed by atoms with Crippen molar-refractivity contribution in [1.82, 2.24) is 15.3 Å². The maximum Gasteiger partial charge on any atom is 0.253 e. The third-order valence-electron chi connectivity index (χ3n) is 5.20. The van der Waals surface area contributed by atoms with E-state index in [0.29, 0.717) is 12.1 Å². The predicted octanol–water partition coefficient (Wildman–Crippen LogP) is 6.18. The number of hydrogen-bond acceptors (Lipinski definition) is 4. The van der Waals surface area contributed by atoms with Crippen LogP contribution in [-0.4, -0.2) is 22.9 Å². The number of anilines is 1. The fraction of sp³-hybridized carbons (Fsp3) is 0.0833. The zero-order chi connectivity index (χ0) is 21.4. The minimum atomic E-state index is -0.0973. The van der Waals surface area contributed by atoms with E-state index in [4.69, 9.17) is 0 Å². The van der Waals surface area contributed by atoms with E-state index in [0.717, 1.165) is 47.4 Å². The number of halogens is 1. The van der Waals surface area contributed by atoms with Crippen LogP contribution in [-0.2, 0) is 6.54 Å². The second-order valence-electron chi connectivity index (χ2n) is 7.23. The minimum Gasteiger partial charge on any atom is -0.365 e. The molecule has 0 aliphatic heterocycles. The highest BCUT2D eigenvalue weighted by Crippen LogP contribution is 2.32. The van der Waals surface area contributed by atoms with Gasteiger partial charge in [0.2, 0.25) is 0 Å². The van der Waals surface area contributed by atoms with Gasteiger partial charge in [-0.3, -0.25) is 4.79 Å². The van der Waals surface area contributed by atoms with Gasteiger partial charge in [-0.25, -0.2) is 4.98 Å². The highest BCUT2D eigenvalue weighted by Gasteiger charge is 2.13. The zero-order valence-electron chi connectivity index (χ0n) is 16.7. The van der Waals surface area contributed by atoms with Gasteiger partial charge in [0.05, 0.1) is 15.8 Å². The summed E-state index contributed by atoms with van der Waals surface area (Å²) in [5.74, 6) is -0.0973. The largest absolute Gasteiger partial charge is 0.365 e. The SMILES string of the molecule is CNc1nc2ccc(-c3ccc4[nH]cc(C(=O)NCc5cccc(Br)c5)c4c3)cc2s1.